The summed E-state index contributed by atoms with van der Waals surface area (Å²) in [5.41, 5.74) is 3.38. The van der Waals surface area contributed by atoms with E-state index in [-0.39, 0.29) is 0 Å². The molecule has 7 heteroatoms. The maximum absolute atomic E-state index is 5.02. The highest BCUT2D eigenvalue weighted by molar-refractivity contribution is 5.79. The summed E-state index contributed by atoms with van der Waals surface area (Å²) in [7, 11) is 5.39. The molecule has 2 rings (SSSR count). The highest BCUT2D eigenvalue weighted by Gasteiger charge is 2.02. The van der Waals surface area contributed by atoms with Crippen molar-refractivity contribution in [1.82, 2.24) is 20.4 Å². The van der Waals surface area contributed by atoms with Crippen molar-refractivity contribution < 1.29 is 4.74 Å². The topological polar surface area (TPSA) is 75.5 Å². The van der Waals surface area contributed by atoms with E-state index in [9.17, 15) is 0 Å². The lowest BCUT2D eigenvalue weighted by Gasteiger charge is -2.12. The average molecular weight is 330 g/mol. The van der Waals surface area contributed by atoms with E-state index in [1.54, 1.807) is 20.4 Å². The third kappa shape index (κ3) is 5.58. The molecular weight excluding hydrogens is 304 g/mol. The minimum absolute atomic E-state index is 0.679. The maximum Gasteiger partial charge on any atom is 0.191 e. The predicted octanol–water partition coefficient (Wildman–Crippen LogP) is 1.34. The first-order valence-electron chi connectivity index (χ1n) is 7.96. The van der Waals surface area contributed by atoms with Crippen LogP contribution in [0.1, 0.15) is 11.3 Å². The SMILES string of the molecule is CN=C(NCc1ccc(NCCOC)cc1)NCc1ccnn1C. The number of aromatic nitrogens is 2. The first-order valence-corrected chi connectivity index (χ1v) is 7.96. The Hall–Kier alpha value is -2.54. The molecule has 0 saturated carbocycles. The summed E-state index contributed by atoms with van der Waals surface area (Å²) in [5, 5.41) is 14.0. The van der Waals surface area contributed by atoms with Gasteiger partial charge in [0, 0.05) is 46.2 Å². The number of hydrogen-bond donors (Lipinski definition) is 3. The molecule has 1 aromatic carbocycles. The lowest BCUT2D eigenvalue weighted by atomic mass is 10.2. The van der Waals surface area contributed by atoms with E-state index >= 15 is 0 Å². The molecule has 3 N–H and O–H groups in total. The van der Waals surface area contributed by atoms with E-state index in [1.807, 2.05) is 17.8 Å². The van der Waals surface area contributed by atoms with Gasteiger partial charge in [0.25, 0.3) is 0 Å². The summed E-state index contributed by atoms with van der Waals surface area (Å²) in [5.74, 6) is 0.762. The fraction of sp³-hybridized carbons (Fsp3) is 0.412. The fourth-order valence-electron chi connectivity index (χ4n) is 2.19. The quantitative estimate of drug-likeness (QED) is 0.387. The Kier molecular flexibility index (Phi) is 7.10. The summed E-state index contributed by atoms with van der Waals surface area (Å²) < 4.78 is 6.87. The Balaban J connectivity index is 1.77. The van der Waals surface area contributed by atoms with Gasteiger partial charge in [-0.3, -0.25) is 9.67 Å². The molecule has 0 aliphatic rings. The zero-order valence-electron chi connectivity index (χ0n) is 14.5. The lowest BCUT2D eigenvalue weighted by Crippen LogP contribution is -2.36. The predicted molar refractivity (Wildman–Crippen MR) is 97.1 cm³/mol. The monoisotopic (exact) mass is 330 g/mol. The van der Waals surface area contributed by atoms with Gasteiger partial charge in [0.05, 0.1) is 18.8 Å². The number of methoxy groups -OCH3 is 1. The van der Waals surface area contributed by atoms with Crippen molar-refractivity contribution in [3.8, 4) is 0 Å². The fourth-order valence-corrected chi connectivity index (χ4v) is 2.19. The molecule has 0 radical (unpaired) electrons. The van der Waals surface area contributed by atoms with Crippen molar-refractivity contribution in [3.05, 3.63) is 47.8 Å². The third-order valence-corrected chi connectivity index (χ3v) is 3.63. The summed E-state index contributed by atoms with van der Waals surface area (Å²) in [4.78, 5) is 4.24. The van der Waals surface area contributed by atoms with Crippen molar-refractivity contribution >= 4 is 11.6 Å². The first-order chi connectivity index (χ1) is 11.7. The van der Waals surface area contributed by atoms with Gasteiger partial charge >= 0.3 is 0 Å². The van der Waals surface area contributed by atoms with Gasteiger partial charge in [0.1, 0.15) is 0 Å². The van der Waals surface area contributed by atoms with Crippen LogP contribution in [0.3, 0.4) is 0 Å². The molecule has 0 atom stereocenters. The Morgan fingerprint density at radius 2 is 1.92 bits per heavy atom. The first kappa shape index (κ1) is 17.8. The standard InChI is InChI=1S/C17H26N6O/c1-18-17(21-13-16-8-9-22-23(16)2)20-12-14-4-6-15(7-5-14)19-10-11-24-3/h4-9,19H,10-13H2,1-3H3,(H2,18,20,21). The Morgan fingerprint density at radius 3 is 2.54 bits per heavy atom. The second-order valence-corrected chi connectivity index (χ2v) is 5.34. The van der Waals surface area contributed by atoms with Gasteiger partial charge in [-0.1, -0.05) is 12.1 Å². The summed E-state index contributed by atoms with van der Waals surface area (Å²) in [6, 6.07) is 10.3. The molecule has 0 aliphatic carbocycles. The zero-order valence-corrected chi connectivity index (χ0v) is 14.5. The average Bonchev–Trinajstić information content (AvgIpc) is 3.01. The van der Waals surface area contributed by atoms with E-state index in [2.05, 4.69) is 50.3 Å². The van der Waals surface area contributed by atoms with E-state index in [0.717, 1.165) is 23.9 Å². The van der Waals surface area contributed by atoms with Crippen LogP contribution < -0.4 is 16.0 Å². The summed E-state index contributed by atoms with van der Waals surface area (Å²) in [6.07, 6.45) is 1.79. The van der Waals surface area contributed by atoms with Crippen LogP contribution >= 0.6 is 0 Å². The van der Waals surface area contributed by atoms with Gasteiger partial charge < -0.3 is 20.7 Å². The van der Waals surface area contributed by atoms with Gasteiger partial charge in [-0.05, 0) is 23.8 Å². The summed E-state index contributed by atoms with van der Waals surface area (Å²) >= 11 is 0. The van der Waals surface area contributed by atoms with E-state index < -0.39 is 0 Å². The molecule has 0 fully saturated rings. The molecule has 0 saturated heterocycles. The normalized spacial score (nSPS) is 11.4. The van der Waals surface area contributed by atoms with E-state index in [0.29, 0.717) is 19.7 Å². The largest absolute Gasteiger partial charge is 0.383 e. The van der Waals surface area contributed by atoms with Gasteiger partial charge in [0.15, 0.2) is 5.96 Å². The Morgan fingerprint density at radius 1 is 1.17 bits per heavy atom. The number of ether oxygens (including phenoxy) is 1. The maximum atomic E-state index is 5.02. The van der Waals surface area contributed by atoms with Crippen LogP contribution in [0.15, 0.2) is 41.5 Å². The number of nitrogens with one attached hydrogen (secondary N) is 3. The molecule has 24 heavy (non-hydrogen) atoms. The van der Waals surface area contributed by atoms with Crippen LogP contribution in [0.5, 0.6) is 0 Å². The van der Waals surface area contributed by atoms with E-state index in [1.165, 1.54) is 5.56 Å². The molecule has 0 spiro atoms. The Labute approximate surface area is 143 Å². The van der Waals surface area contributed by atoms with Crippen molar-refractivity contribution in [3.63, 3.8) is 0 Å². The van der Waals surface area contributed by atoms with Crippen molar-refractivity contribution in [2.75, 3.05) is 32.6 Å². The van der Waals surface area contributed by atoms with Crippen LogP contribution in [-0.4, -0.2) is 43.0 Å². The van der Waals surface area contributed by atoms with Crippen LogP contribution in [0.25, 0.3) is 0 Å². The molecule has 0 unspecified atom stereocenters. The van der Waals surface area contributed by atoms with Gasteiger partial charge in [-0.15, -0.1) is 0 Å². The number of aryl methyl sites for hydroxylation is 1. The van der Waals surface area contributed by atoms with Crippen LogP contribution in [0.4, 0.5) is 5.69 Å². The molecule has 0 aliphatic heterocycles. The molecule has 1 heterocycles. The van der Waals surface area contributed by atoms with Gasteiger partial charge in [-0.25, -0.2) is 0 Å². The minimum atomic E-state index is 0.679. The van der Waals surface area contributed by atoms with Crippen LogP contribution in [-0.2, 0) is 24.9 Å². The number of guanidine groups is 1. The molecule has 1 aromatic heterocycles. The van der Waals surface area contributed by atoms with Crippen molar-refractivity contribution in [1.29, 1.82) is 0 Å². The molecule has 0 bridgehead atoms. The van der Waals surface area contributed by atoms with Crippen molar-refractivity contribution in [2.45, 2.75) is 13.1 Å². The lowest BCUT2D eigenvalue weighted by molar-refractivity contribution is 0.211. The number of nitrogens with zero attached hydrogens (tertiary/aromatic N) is 3. The van der Waals surface area contributed by atoms with Crippen LogP contribution in [0.2, 0.25) is 0 Å². The highest BCUT2D eigenvalue weighted by Crippen LogP contribution is 2.09. The molecule has 7 nitrogen and oxygen atoms in total. The van der Waals surface area contributed by atoms with E-state index in [4.69, 9.17) is 4.74 Å². The second-order valence-electron chi connectivity index (χ2n) is 5.34. The minimum Gasteiger partial charge on any atom is -0.383 e. The summed E-state index contributed by atoms with van der Waals surface area (Å²) in [6.45, 7) is 2.89. The second kappa shape index (κ2) is 9.57. The zero-order chi connectivity index (χ0) is 17.2. The number of aliphatic imine (C=N–C) groups is 1. The number of anilines is 1. The molecule has 130 valence electrons. The van der Waals surface area contributed by atoms with Crippen LogP contribution in [0, 0.1) is 0 Å². The Bertz CT molecular complexity index is 635. The molecule has 0 amide bonds. The highest BCUT2D eigenvalue weighted by atomic mass is 16.5. The number of benzene rings is 1. The third-order valence-electron chi connectivity index (χ3n) is 3.63. The molecular formula is C17H26N6O. The van der Waals surface area contributed by atoms with Crippen molar-refractivity contribution in [2.24, 2.45) is 12.0 Å². The molecule has 2 aromatic rings. The van der Waals surface area contributed by atoms with Gasteiger partial charge in [-0.2, -0.15) is 5.10 Å². The number of rotatable bonds is 8. The van der Waals surface area contributed by atoms with Gasteiger partial charge in [0.2, 0.25) is 0 Å². The number of hydrogen-bond acceptors (Lipinski definition) is 4. The smallest absolute Gasteiger partial charge is 0.191 e.